The second-order valence-corrected chi connectivity index (χ2v) is 6.46. The minimum atomic E-state index is -0.870. The largest absolute Gasteiger partial charge is 0.481 e. The number of ether oxygens (including phenoxy) is 1. The zero-order chi connectivity index (χ0) is 18.0. The van der Waals surface area contributed by atoms with Gasteiger partial charge in [0.2, 0.25) is 0 Å². The molecular formula is C18H22FN3O3. The van der Waals surface area contributed by atoms with Crippen molar-refractivity contribution in [3.63, 3.8) is 0 Å². The van der Waals surface area contributed by atoms with Gasteiger partial charge in [0.15, 0.2) is 0 Å². The molecule has 1 aromatic carbocycles. The van der Waals surface area contributed by atoms with Gasteiger partial charge >= 0.3 is 5.97 Å². The maximum absolute atomic E-state index is 13.8. The van der Waals surface area contributed by atoms with E-state index >= 15 is 0 Å². The smallest absolute Gasteiger partial charge is 0.310 e. The summed E-state index contributed by atoms with van der Waals surface area (Å²) >= 11 is 0. The maximum Gasteiger partial charge on any atom is 0.310 e. The second-order valence-electron chi connectivity index (χ2n) is 6.46. The van der Waals surface area contributed by atoms with Crippen LogP contribution in [-0.2, 0) is 16.1 Å². The lowest BCUT2D eigenvalue weighted by molar-refractivity contribution is -0.143. The molecule has 1 N–H and O–H groups in total. The molecule has 0 saturated carbocycles. The quantitative estimate of drug-likeness (QED) is 0.918. The van der Waals surface area contributed by atoms with Gasteiger partial charge in [-0.3, -0.25) is 9.69 Å². The normalized spacial score (nSPS) is 18.9. The Hall–Kier alpha value is -2.25. The number of aliphatic carboxylic acids is 1. The molecule has 7 heteroatoms. The van der Waals surface area contributed by atoms with Crippen LogP contribution in [0, 0.1) is 25.6 Å². The fourth-order valence-electron chi connectivity index (χ4n) is 3.17. The van der Waals surface area contributed by atoms with E-state index in [9.17, 15) is 14.3 Å². The molecule has 0 spiro atoms. The second kappa shape index (κ2) is 7.33. The third-order valence-corrected chi connectivity index (χ3v) is 4.37. The molecule has 0 aliphatic carbocycles. The predicted molar refractivity (Wildman–Crippen MR) is 90.2 cm³/mol. The zero-order valence-corrected chi connectivity index (χ0v) is 14.4. The van der Waals surface area contributed by atoms with E-state index in [4.69, 9.17) is 4.74 Å². The average molecular weight is 347 g/mol. The molecule has 0 bridgehead atoms. The highest BCUT2D eigenvalue weighted by Crippen LogP contribution is 2.21. The molecule has 1 unspecified atom stereocenters. The van der Waals surface area contributed by atoms with Gasteiger partial charge < -0.3 is 9.84 Å². The number of benzene rings is 1. The van der Waals surface area contributed by atoms with Crippen molar-refractivity contribution in [2.45, 2.75) is 20.4 Å². The van der Waals surface area contributed by atoms with Crippen molar-refractivity contribution < 1.29 is 19.0 Å². The van der Waals surface area contributed by atoms with Crippen molar-refractivity contribution in [2.24, 2.45) is 5.92 Å². The van der Waals surface area contributed by atoms with Crippen molar-refractivity contribution in [2.75, 3.05) is 26.3 Å². The Morgan fingerprint density at radius 3 is 2.88 bits per heavy atom. The Morgan fingerprint density at radius 2 is 2.20 bits per heavy atom. The van der Waals surface area contributed by atoms with Gasteiger partial charge in [-0.1, -0.05) is 0 Å². The number of carboxylic acid groups (broad SMARTS) is 1. The van der Waals surface area contributed by atoms with Crippen LogP contribution < -0.4 is 0 Å². The van der Waals surface area contributed by atoms with Crippen LogP contribution in [-0.4, -0.2) is 52.1 Å². The van der Waals surface area contributed by atoms with Crippen LogP contribution in [0.1, 0.15) is 17.0 Å². The Kier molecular flexibility index (Phi) is 5.15. The minimum absolute atomic E-state index is 0.208. The lowest BCUT2D eigenvalue weighted by atomic mass is 10.1. The summed E-state index contributed by atoms with van der Waals surface area (Å²) in [5.74, 6) is -1.76. The molecule has 1 fully saturated rings. The number of hydrogen-bond donors (Lipinski definition) is 1. The van der Waals surface area contributed by atoms with Gasteiger partial charge in [-0.15, -0.1) is 0 Å². The summed E-state index contributed by atoms with van der Waals surface area (Å²) in [6, 6.07) is 6.59. The number of carboxylic acids is 1. The lowest BCUT2D eigenvalue weighted by Gasteiger charge is -2.23. The molecule has 6 nitrogen and oxygen atoms in total. The minimum Gasteiger partial charge on any atom is -0.481 e. The highest BCUT2D eigenvalue weighted by atomic mass is 19.1. The first kappa shape index (κ1) is 17.6. The Balaban J connectivity index is 1.90. The zero-order valence-electron chi connectivity index (χ0n) is 14.4. The van der Waals surface area contributed by atoms with E-state index in [1.165, 1.54) is 12.1 Å². The van der Waals surface area contributed by atoms with Gasteiger partial charge in [-0.25, -0.2) is 9.07 Å². The third-order valence-electron chi connectivity index (χ3n) is 4.37. The summed E-state index contributed by atoms with van der Waals surface area (Å²) in [7, 11) is 0. The van der Waals surface area contributed by atoms with E-state index in [2.05, 4.69) is 5.10 Å². The molecule has 0 amide bonds. The Labute approximate surface area is 145 Å². The molecule has 1 aromatic heterocycles. The number of hydrogen-bond acceptors (Lipinski definition) is 4. The van der Waals surface area contributed by atoms with E-state index in [-0.39, 0.29) is 12.4 Å². The van der Waals surface area contributed by atoms with E-state index in [0.717, 1.165) is 22.6 Å². The molecule has 1 aliphatic heterocycles. The monoisotopic (exact) mass is 347 g/mol. The van der Waals surface area contributed by atoms with Gasteiger partial charge in [-0.2, -0.15) is 5.10 Å². The Morgan fingerprint density at radius 1 is 1.40 bits per heavy atom. The Bertz CT molecular complexity index is 775. The van der Waals surface area contributed by atoms with E-state index in [1.807, 2.05) is 24.8 Å². The van der Waals surface area contributed by atoms with Crippen molar-refractivity contribution in [3.8, 4) is 5.69 Å². The van der Waals surface area contributed by atoms with Crippen molar-refractivity contribution >= 4 is 5.97 Å². The van der Waals surface area contributed by atoms with Gasteiger partial charge in [0, 0.05) is 25.3 Å². The molecule has 25 heavy (non-hydrogen) atoms. The fourth-order valence-corrected chi connectivity index (χ4v) is 3.17. The molecule has 1 atom stereocenters. The fraction of sp³-hybridized carbons (Fsp3) is 0.444. The molecule has 134 valence electrons. The summed E-state index contributed by atoms with van der Waals surface area (Å²) < 4.78 is 21.0. The van der Waals surface area contributed by atoms with Gasteiger partial charge in [0.05, 0.1) is 30.5 Å². The molecule has 0 radical (unpaired) electrons. The predicted octanol–water partition coefficient (Wildman–Crippen LogP) is 2.16. The van der Waals surface area contributed by atoms with E-state index in [1.54, 1.807) is 10.7 Å². The van der Waals surface area contributed by atoms with Crippen molar-refractivity contribution in [1.82, 2.24) is 14.7 Å². The number of aromatic nitrogens is 2. The van der Waals surface area contributed by atoms with Crippen LogP contribution >= 0.6 is 0 Å². The summed E-state index contributed by atoms with van der Waals surface area (Å²) in [5, 5.41) is 13.8. The number of halogens is 1. The number of aryl methyl sites for hydroxylation is 2. The molecule has 1 aliphatic rings. The van der Waals surface area contributed by atoms with Crippen molar-refractivity contribution in [3.05, 3.63) is 47.0 Å². The van der Waals surface area contributed by atoms with Crippen LogP contribution in [0.3, 0.4) is 0 Å². The van der Waals surface area contributed by atoms with Crippen LogP contribution in [0.25, 0.3) is 5.69 Å². The summed E-state index contributed by atoms with van der Waals surface area (Å²) in [5.41, 5.74) is 3.44. The molecule has 3 rings (SSSR count). The van der Waals surface area contributed by atoms with Crippen LogP contribution in [0.5, 0.6) is 0 Å². The molecule has 2 aromatic rings. The summed E-state index contributed by atoms with van der Waals surface area (Å²) in [6.45, 7) is 5.97. The number of nitrogens with zero attached hydrogens (tertiary/aromatic N) is 3. The van der Waals surface area contributed by atoms with Crippen LogP contribution in [0.2, 0.25) is 0 Å². The number of rotatable bonds is 4. The standard InChI is InChI=1S/C18H22FN3O3/c1-12-7-13(2)22(20-12)17-4-3-16(19)8-14(17)9-21-5-6-25-11-15(10-21)18(23)24/h3-4,7-8,15H,5-6,9-11H2,1-2H3,(H,23,24). The van der Waals surface area contributed by atoms with Gasteiger partial charge in [-0.05, 0) is 43.7 Å². The van der Waals surface area contributed by atoms with E-state index in [0.29, 0.717) is 26.2 Å². The number of carbonyl (C=O) groups is 1. The van der Waals surface area contributed by atoms with Crippen LogP contribution in [0.15, 0.2) is 24.3 Å². The maximum atomic E-state index is 13.8. The average Bonchev–Trinajstić information content (AvgIpc) is 2.74. The first-order chi connectivity index (χ1) is 11.9. The highest BCUT2D eigenvalue weighted by molar-refractivity contribution is 5.70. The first-order valence-electron chi connectivity index (χ1n) is 8.29. The van der Waals surface area contributed by atoms with Crippen molar-refractivity contribution in [1.29, 1.82) is 0 Å². The van der Waals surface area contributed by atoms with Gasteiger partial charge in [0.1, 0.15) is 5.82 Å². The molecular weight excluding hydrogens is 325 g/mol. The van der Waals surface area contributed by atoms with E-state index < -0.39 is 11.9 Å². The first-order valence-corrected chi connectivity index (χ1v) is 8.29. The third kappa shape index (κ3) is 4.05. The summed E-state index contributed by atoms with van der Waals surface area (Å²) in [4.78, 5) is 13.3. The van der Waals surface area contributed by atoms with Gasteiger partial charge in [0.25, 0.3) is 0 Å². The summed E-state index contributed by atoms with van der Waals surface area (Å²) in [6.07, 6.45) is 0. The van der Waals surface area contributed by atoms with Crippen LogP contribution in [0.4, 0.5) is 4.39 Å². The lowest BCUT2D eigenvalue weighted by Crippen LogP contribution is -2.33. The topological polar surface area (TPSA) is 67.6 Å². The highest BCUT2D eigenvalue weighted by Gasteiger charge is 2.25. The molecule has 2 heterocycles. The SMILES string of the molecule is Cc1cc(C)n(-c2ccc(F)cc2CN2CCOCC(C(=O)O)C2)n1. The molecule has 1 saturated heterocycles.